The van der Waals surface area contributed by atoms with E-state index in [0.29, 0.717) is 18.7 Å². The molecule has 1 aromatic carbocycles. The van der Waals surface area contributed by atoms with E-state index >= 15 is 0 Å². The number of hydrogen-bond donors (Lipinski definition) is 0. The molecule has 1 heterocycles. The summed E-state index contributed by atoms with van der Waals surface area (Å²) in [5.41, 5.74) is 1.56. The highest BCUT2D eigenvalue weighted by Gasteiger charge is 2.33. The van der Waals surface area contributed by atoms with Crippen LogP contribution in [0.1, 0.15) is 44.2 Å². The summed E-state index contributed by atoms with van der Waals surface area (Å²) >= 11 is 0. The molecule has 21 heavy (non-hydrogen) atoms. The normalized spacial score (nSPS) is 19.1. The fourth-order valence-corrected chi connectivity index (χ4v) is 4.17. The third kappa shape index (κ3) is 3.84. The Morgan fingerprint density at radius 3 is 2.29 bits per heavy atom. The molecule has 0 amide bonds. The van der Waals surface area contributed by atoms with E-state index in [2.05, 4.69) is 13.8 Å². The van der Waals surface area contributed by atoms with E-state index in [-0.39, 0.29) is 11.2 Å². The summed E-state index contributed by atoms with van der Waals surface area (Å²) in [4.78, 5) is 0. The molecule has 0 radical (unpaired) electrons. The maximum atomic E-state index is 12.5. The molecule has 0 unspecified atom stereocenters. The second kappa shape index (κ2) is 6.17. The minimum atomic E-state index is -3.26. The van der Waals surface area contributed by atoms with Crippen LogP contribution in [-0.2, 0) is 15.8 Å². The monoisotopic (exact) mass is 306 g/mol. The lowest BCUT2D eigenvalue weighted by atomic mass is 9.79. The summed E-state index contributed by atoms with van der Waals surface area (Å²) in [6, 6.07) is 8.80. The topological polar surface area (TPSA) is 61.2 Å². The Hall–Kier alpha value is -1.38. The molecular formula is C16H22N2O2S. The van der Waals surface area contributed by atoms with E-state index in [9.17, 15) is 8.42 Å². The Bertz CT molecular complexity index is 621. The maximum Gasteiger partial charge on any atom is 0.218 e. The summed E-state index contributed by atoms with van der Waals surface area (Å²) in [6.07, 6.45) is 2.95. The molecule has 0 bridgehead atoms. The molecule has 0 aromatic heterocycles. The van der Waals surface area contributed by atoms with Crippen LogP contribution in [0.15, 0.2) is 24.3 Å². The molecular weight excluding hydrogens is 284 g/mol. The van der Waals surface area contributed by atoms with Gasteiger partial charge in [0, 0.05) is 13.1 Å². The first-order valence-corrected chi connectivity index (χ1v) is 8.96. The van der Waals surface area contributed by atoms with Crippen molar-refractivity contribution in [3.05, 3.63) is 35.4 Å². The molecule has 4 nitrogen and oxygen atoms in total. The summed E-state index contributed by atoms with van der Waals surface area (Å²) in [5.74, 6) is 0.0154. The second-order valence-electron chi connectivity index (χ2n) is 6.13. The fourth-order valence-electron chi connectivity index (χ4n) is 2.64. The van der Waals surface area contributed by atoms with Crippen molar-refractivity contribution in [2.24, 2.45) is 5.41 Å². The van der Waals surface area contributed by atoms with Crippen LogP contribution < -0.4 is 0 Å². The molecule has 0 N–H and O–H groups in total. The molecule has 5 heteroatoms. The molecule has 1 saturated heterocycles. The van der Waals surface area contributed by atoms with Crippen molar-refractivity contribution in [2.75, 3.05) is 13.1 Å². The Morgan fingerprint density at radius 1 is 1.24 bits per heavy atom. The first kappa shape index (κ1) is 16.0. The Labute approximate surface area is 127 Å². The van der Waals surface area contributed by atoms with E-state index in [1.807, 2.05) is 6.07 Å². The number of benzene rings is 1. The zero-order valence-corrected chi connectivity index (χ0v) is 13.5. The van der Waals surface area contributed by atoms with Gasteiger partial charge < -0.3 is 0 Å². The van der Waals surface area contributed by atoms with Gasteiger partial charge in [-0.2, -0.15) is 5.26 Å². The maximum absolute atomic E-state index is 12.5. The zero-order chi connectivity index (χ0) is 15.5. The lowest BCUT2D eigenvalue weighted by molar-refractivity contribution is 0.169. The number of nitrogens with zero attached hydrogens (tertiary/aromatic N) is 2. The van der Waals surface area contributed by atoms with Crippen LogP contribution in [0, 0.1) is 16.7 Å². The van der Waals surface area contributed by atoms with Gasteiger partial charge in [0.25, 0.3) is 0 Å². The minimum absolute atomic E-state index is 0.0154. The first-order valence-electron chi connectivity index (χ1n) is 7.35. The van der Waals surface area contributed by atoms with E-state index in [1.54, 1.807) is 28.6 Å². The molecule has 0 atom stereocenters. The van der Waals surface area contributed by atoms with Crippen molar-refractivity contribution in [3.8, 4) is 6.07 Å². The average Bonchev–Trinajstić information content (AvgIpc) is 2.48. The fraction of sp³-hybridized carbons (Fsp3) is 0.562. The number of hydrogen-bond acceptors (Lipinski definition) is 3. The number of piperidine rings is 1. The van der Waals surface area contributed by atoms with Gasteiger partial charge in [-0.25, -0.2) is 12.7 Å². The van der Waals surface area contributed by atoms with E-state index in [4.69, 9.17) is 5.26 Å². The smallest absolute Gasteiger partial charge is 0.212 e. The van der Waals surface area contributed by atoms with Gasteiger partial charge in [-0.05, 0) is 36.0 Å². The van der Waals surface area contributed by atoms with Crippen molar-refractivity contribution in [1.82, 2.24) is 4.31 Å². The van der Waals surface area contributed by atoms with Gasteiger partial charge in [0.15, 0.2) is 0 Å². The van der Waals surface area contributed by atoms with Crippen LogP contribution in [-0.4, -0.2) is 25.8 Å². The Balaban J connectivity index is 2.04. The van der Waals surface area contributed by atoms with E-state index in [0.717, 1.165) is 24.8 Å². The molecule has 0 saturated carbocycles. The van der Waals surface area contributed by atoms with Crippen molar-refractivity contribution in [1.29, 1.82) is 5.26 Å². The van der Waals surface area contributed by atoms with Gasteiger partial charge in [0.05, 0.1) is 17.4 Å². The van der Waals surface area contributed by atoms with E-state index < -0.39 is 10.0 Å². The van der Waals surface area contributed by atoms with Gasteiger partial charge in [0.1, 0.15) is 0 Å². The van der Waals surface area contributed by atoms with Gasteiger partial charge >= 0.3 is 0 Å². The number of sulfonamides is 1. The number of rotatable bonds is 4. The van der Waals surface area contributed by atoms with Gasteiger partial charge in [-0.15, -0.1) is 0 Å². The van der Waals surface area contributed by atoms with Gasteiger partial charge in [0.2, 0.25) is 10.0 Å². The van der Waals surface area contributed by atoms with E-state index in [1.165, 1.54) is 0 Å². The largest absolute Gasteiger partial charge is 0.218 e. The average molecular weight is 306 g/mol. The number of nitriles is 1. The molecule has 1 aromatic rings. The molecule has 114 valence electrons. The second-order valence-corrected chi connectivity index (χ2v) is 8.10. The predicted octanol–water partition coefficient (Wildman–Crippen LogP) is 2.90. The third-order valence-corrected chi connectivity index (χ3v) is 6.46. The molecule has 0 aliphatic carbocycles. The summed E-state index contributed by atoms with van der Waals surface area (Å²) in [5, 5.41) is 8.76. The quantitative estimate of drug-likeness (QED) is 0.859. The summed E-state index contributed by atoms with van der Waals surface area (Å²) in [6.45, 7) is 5.63. The van der Waals surface area contributed by atoms with Crippen LogP contribution in [0.4, 0.5) is 0 Å². The third-order valence-electron chi connectivity index (χ3n) is 4.61. The van der Waals surface area contributed by atoms with Crippen molar-refractivity contribution in [3.63, 3.8) is 0 Å². The van der Waals surface area contributed by atoms with Gasteiger partial charge in [-0.1, -0.05) is 32.4 Å². The van der Waals surface area contributed by atoms with Crippen molar-refractivity contribution < 1.29 is 8.42 Å². The van der Waals surface area contributed by atoms with Gasteiger partial charge in [-0.3, -0.25) is 0 Å². The van der Waals surface area contributed by atoms with Crippen LogP contribution in [0.3, 0.4) is 0 Å². The lowest BCUT2D eigenvalue weighted by Crippen LogP contribution is -2.42. The molecule has 0 spiro atoms. The van der Waals surface area contributed by atoms with Crippen molar-refractivity contribution in [2.45, 2.75) is 38.9 Å². The predicted molar refractivity (Wildman–Crippen MR) is 83.0 cm³/mol. The summed E-state index contributed by atoms with van der Waals surface area (Å²) < 4.78 is 26.6. The molecule has 1 aliphatic heterocycles. The molecule has 2 rings (SSSR count). The molecule has 1 fully saturated rings. The minimum Gasteiger partial charge on any atom is -0.212 e. The van der Waals surface area contributed by atoms with Crippen LogP contribution in [0.2, 0.25) is 0 Å². The summed E-state index contributed by atoms with van der Waals surface area (Å²) in [7, 11) is -3.26. The van der Waals surface area contributed by atoms with Crippen molar-refractivity contribution >= 4 is 10.0 Å². The molecule has 1 aliphatic rings. The van der Waals surface area contributed by atoms with Crippen LogP contribution in [0.5, 0.6) is 0 Å². The van der Waals surface area contributed by atoms with Crippen LogP contribution in [0.25, 0.3) is 0 Å². The Kier molecular flexibility index (Phi) is 4.70. The highest BCUT2D eigenvalue weighted by atomic mass is 32.2. The highest BCUT2D eigenvalue weighted by molar-refractivity contribution is 7.88. The first-order chi connectivity index (χ1) is 9.88. The Morgan fingerprint density at radius 2 is 1.81 bits per heavy atom. The standard InChI is InChI=1S/C16H22N2O2S/c1-3-16(2)8-10-18(11-9-16)21(19,20)13-15-6-4-14(12-17)5-7-15/h4-7H,3,8-11,13H2,1-2H3. The highest BCUT2D eigenvalue weighted by Crippen LogP contribution is 2.35. The SMILES string of the molecule is CCC1(C)CCN(S(=O)(=O)Cc2ccc(C#N)cc2)CC1. The lowest BCUT2D eigenvalue weighted by Gasteiger charge is -2.38. The van der Waals surface area contributed by atoms with Crippen LogP contribution >= 0.6 is 0 Å². The zero-order valence-electron chi connectivity index (χ0n) is 12.7.